The lowest BCUT2D eigenvalue weighted by Gasteiger charge is -2.21. The van der Waals surface area contributed by atoms with Crippen molar-refractivity contribution in [2.24, 2.45) is 0 Å². The van der Waals surface area contributed by atoms with Crippen molar-refractivity contribution in [2.75, 3.05) is 11.1 Å². The number of benzene rings is 1. The molecule has 0 fully saturated rings. The molecular weight excluding hydrogens is 479 g/mol. The number of nitriles is 1. The quantitative estimate of drug-likeness (QED) is 0.440. The molecule has 160 valence electrons. The summed E-state index contributed by atoms with van der Waals surface area (Å²) in [5.41, 5.74) is 5.82. The Morgan fingerprint density at radius 1 is 1.28 bits per heavy atom. The van der Waals surface area contributed by atoms with Gasteiger partial charge in [0.15, 0.2) is 5.82 Å². The maximum atomic E-state index is 14.6. The highest BCUT2D eigenvalue weighted by Gasteiger charge is 2.23. The number of nitrogen functional groups attached to an aromatic ring is 1. The lowest BCUT2D eigenvalue weighted by Crippen LogP contribution is -2.28. The van der Waals surface area contributed by atoms with Gasteiger partial charge in [-0.25, -0.2) is 19.3 Å². The van der Waals surface area contributed by atoms with Crippen molar-refractivity contribution in [3.05, 3.63) is 74.5 Å². The predicted octanol–water partition coefficient (Wildman–Crippen LogP) is 3.41. The standard InChI is InChI=1S/C21H16BrFN8O/c1-10(27-19-13(8-24)18(25)28-11(2)29-19)20-30-17-15(23)6-5-14(22)16(17)21(32)31(20)12-4-3-7-26-9-12/h3-7,9-10H,1-2H3,(H3,25,27,28,29)/t10-/m0/s1. The van der Waals surface area contributed by atoms with Crippen LogP contribution in [0.5, 0.6) is 0 Å². The molecule has 32 heavy (non-hydrogen) atoms. The molecule has 0 spiro atoms. The summed E-state index contributed by atoms with van der Waals surface area (Å²) in [6, 6.07) is 7.36. The summed E-state index contributed by atoms with van der Waals surface area (Å²) >= 11 is 3.32. The van der Waals surface area contributed by atoms with E-state index in [9.17, 15) is 14.4 Å². The first-order valence-electron chi connectivity index (χ1n) is 9.43. The van der Waals surface area contributed by atoms with E-state index in [1.807, 2.05) is 6.07 Å². The summed E-state index contributed by atoms with van der Waals surface area (Å²) in [5.74, 6) is 0.146. The number of rotatable bonds is 4. The molecule has 3 aromatic heterocycles. The third-order valence-corrected chi connectivity index (χ3v) is 5.42. The summed E-state index contributed by atoms with van der Waals surface area (Å²) in [5, 5.41) is 12.6. The van der Waals surface area contributed by atoms with Gasteiger partial charge in [-0.3, -0.25) is 14.3 Å². The highest BCUT2D eigenvalue weighted by Crippen LogP contribution is 2.27. The Labute approximate surface area is 189 Å². The molecule has 3 heterocycles. The van der Waals surface area contributed by atoms with Crippen LogP contribution in [0.15, 0.2) is 45.9 Å². The normalized spacial score (nSPS) is 11.8. The van der Waals surface area contributed by atoms with Gasteiger partial charge >= 0.3 is 0 Å². The van der Waals surface area contributed by atoms with Gasteiger partial charge in [-0.05, 0) is 54.0 Å². The number of aryl methyl sites for hydroxylation is 1. The monoisotopic (exact) mass is 494 g/mol. The van der Waals surface area contributed by atoms with Gasteiger partial charge in [0.05, 0.1) is 23.3 Å². The number of pyridine rings is 1. The minimum absolute atomic E-state index is 0.0285. The molecule has 1 atom stereocenters. The lowest BCUT2D eigenvalue weighted by atomic mass is 10.2. The zero-order valence-electron chi connectivity index (χ0n) is 17.0. The van der Waals surface area contributed by atoms with Crippen molar-refractivity contribution in [3.63, 3.8) is 0 Å². The second-order valence-electron chi connectivity index (χ2n) is 6.93. The van der Waals surface area contributed by atoms with Crippen LogP contribution >= 0.6 is 15.9 Å². The van der Waals surface area contributed by atoms with Crippen molar-refractivity contribution < 1.29 is 4.39 Å². The first-order chi connectivity index (χ1) is 15.3. The number of anilines is 2. The van der Waals surface area contributed by atoms with E-state index in [1.54, 1.807) is 32.2 Å². The molecule has 0 radical (unpaired) electrons. The van der Waals surface area contributed by atoms with Crippen LogP contribution in [-0.2, 0) is 0 Å². The molecule has 1 aromatic carbocycles. The maximum Gasteiger partial charge on any atom is 0.267 e. The molecule has 0 saturated carbocycles. The van der Waals surface area contributed by atoms with Crippen LogP contribution in [0.4, 0.5) is 16.0 Å². The summed E-state index contributed by atoms with van der Waals surface area (Å²) in [4.78, 5) is 30.3. The van der Waals surface area contributed by atoms with Crippen molar-refractivity contribution >= 4 is 38.5 Å². The fourth-order valence-corrected chi connectivity index (χ4v) is 3.83. The van der Waals surface area contributed by atoms with E-state index in [2.05, 4.69) is 41.2 Å². The Bertz CT molecular complexity index is 1450. The SMILES string of the molecule is Cc1nc(N)c(C#N)c(N[C@@H](C)c2nc3c(F)ccc(Br)c3c(=O)n2-c2cccnc2)n1. The second-order valence-corrected chi connectivity index (χ2v) is 7.79. The third-order valence-electron chi connectivity index (χ3n) is 4.76. The van der Waals surface area contributed by atoms with E-state index in [0.717, 1.165) is 0 Å². The number of hydrogen-bond acceptors (Lipinski definition) is 8. The molecule has 9 nitrogen and oxygen atoms in total. The third kappa shape index (κ3) is 3.65. The summed E-state index contributed by atoms with van der Waals surface area (Å²) in [6.07, 6.45) is 3.08. The number of aromatic nitrogens is 5. The maximum absolute atomic E-state index is 14.6. The molecule has 0 saturated heterocycles. The molecule has 11 heteroatoms. The summed E-state index contributed by atoms with van der Waals surface area (Å²) in [6.45, 7) is 3.35. The van der Waals surface area contributed by atoms with Gasteiger partial charge in [0, 0.05) is 10.7 Å². The van der Waals surface area contributed by atoms with E-state index in [1.165, 1.54) is 22.9 Å². The van der Waals surface area contributed by atoms with Gasteiger partial charge in [-0.1, -0.05) is 0 Å². The Balaban J connectivity index is 1.97. The smallest absolute Gasteiger partial charge is 0.267 e. The number of fused-ring (bicyclic) bond motifs is 1. The number of nitrogens with one attached hydrogen (secondary N) is 1. The topological polar surface area (TPSA) is 135 Å². The summed E-state index contributed by atoms with van der Waals surface area (Å²) < 4.78 is 16.4. The van der Waals surface area contributed by atoms with E-state index in [0.29, 0.717) is 16.0 Å². The molecule has 0 amide bonds. The van der Waals surface area contributed by atoms with E-state index in [-0.39, 0.29) is 33.9 Å². The molecule has 3 N–H and O–H groups in total. The predicted molar refractivity (Wildman–Crippen MR) is 121 cm³/mol. The zero-order chi connectivity index (χ0) is 23.0. The second kappa shape index (κ2) is 8.32. The average molecular weight is 495 g/mol. The molecule has 4 aromatic rings. The van der Waals surface area contributed by atoms with Crippen molar-refractivity contribution in [1.29, 1.82) is 5.26 Å². The summed E-state index contributed by atoms with van der Waals surface area (Å²) in [7, 11) is 0. The fourth-order valence-electron chi connectivity index (χ4n) is 3.34. The first-order valence-corrected chi connectivity index (χ1v) is 10.2. The van der Waals surface area contributed by atoms with E-state index in [4.69, 9.17) is 5.73 Å². The Morgan fingerprint density at radius 3 is 2.75 bits per heavy atom. The molecule has 0 aliphatic rings. The van der Waals surface area contributed by atoms with Gasteiger partial charge in [0.1, 0.15) is 40.4 Å². The number of halogens is 2. The van der Waals surface area contributed by atoms with E-state index < -0.39 is 17.4 Å². The molecule has 0 aliphatic heterocycles. The van der Waals surface area contributed by atoms with Crippen molar-refractivity contribution in [1.82, 2.24) is 24.5 Å². The van der Waals surface area contributed by atoms with E-state index >= 15 is 0 Å². The fraction of sp³-hybridized carbons (Fsp3) is 0.143. The number of hydrogen-bond donors (Lipinski definition) is 2. The molecular formula is C21H16BrFN8O. The van der Waals surface area contributed by atoms with Crippen molar-refractivity contribution in [2.45, 2.75) is 19.9 Å². The van der Waals surface area contributed by atoms with Crippen LogP contribution in [0.3, 0.4) is 0 Å². The van der Waals surface area contributed by atoms with Gasteiger partial charge < -0.3 is 11.1 Å². The Morgan fingerprint density at radius 2 is 2.06 bits per heavy atom. The average Bonchev–Trinajstić information content (AvgIpc) is 2.76. The van der Waals surface area contributed by atoms with Gasteiger partial charge in [0.2, 0.25) is 0 Å². The van der Waals surface area contributed by atoms with Gasteiger partial charge in [0.25, 0.3) is 5.56 Å². The van der Waals surface area contributed by atoms with Crippen molar-refractivity contribution in [3.8, 4) is 11.8 Å². The number of nitrogens with zero attached hydrogens (tertiary/aromatic N) is 6. The largest absolute Gasteiger partial charge is 0.382 e. The van der Waals surface area contributed by atoms with Crippen LogP contribution in [0, 0.1) is 24.1 Å². The lowest BCUT2D eigenvalue weighted by molar-refractivity contribution is 0.631. The highest BCUT2D eigenvalue weighted by molar-refractivity contribution is 9.10. The minimum Gasteiger partial charge on any atom is -0.382 e. The molecule has 0 aliphatic carbocycles. The first kappa shape index (κ1) is 21.3. The van der Waals surface area contributed by atoms with Crippen LogP contribution in [-0.4, -0.2) is 24.5 Å². The molecule has 4 rings (SSSR count). The van der Waals surface area contributed by atoms with Crippen LogP contribution in [0.25, 0.3) is 16.6 Å². The van der Waals surface area contributed by atoms with Gasteiger partial charge in [-0.2, -0.15) is 5.26 Å². The van der Waals surface area contributed by atoms with Gasteiger partial charge in [-0.15, -0.1) is 0 Å². The molecule has 0 bridgehead atoms. The number of nitrogens with two attached hydrogens (primary N) is 1. The molecule has 0 unspecified atom stereocenters. The Kier molecular flexibility index (Phi) is 5.54. The highest BCUT2D eigenvalue weighted by atomic mass is 79.9. The van der Waals surface area contributed by atoms with Crippen LogP contribution < -0.4 is 16.6 Å². The van der Waals surface area contributed by atoms with Crippen LogP contribution in [0.2, 0.25) is 0 Å². The zero-order valence-corrected chi connectivity index (χ0v) is 18.6. The van der Waals surface area contributed by atoms with Crippen LogP contribution in [0.1, 0.15) is 30.2 Å². The minimum atomic E-state index is -0.675. The Hall–Kier alpha value is -3.91.